The lowest BCUT2D eigenvalue weighted by Crippen LogP contribution is -2.58. The molecule has 30 heavy (non-hydrogen) atoms. The lowest BCUT2D eigenvalue weighted by atomic mass is 9.90. The Hall–Kier alpha value is -2.16. The molecule has 1 saturated carbocycles. The van der Waals surface area contributed by atoms with Crippen LogP contribution >= 0.6 is 0 Å². The third-order valence-electron chi connectivity index (χ3n) is 5.83. The highest BCUT2D eigenvalue weighted by Gasteiger charge is 2.47. The summed E-state index contributed by atoms with van der Waals surface area (Å²) in [6.45, 7) is 9.51. The van der Waals surface area contributed by atoms with Crippen LogP contribution in [-0.2, 0) is 23.9 Å². The first-order valence-electron chi connectivity index (χ1n) is 10.5. The molecule has 0 spiro atoms. The van der Waals surface area contributed by atoms with Crippen molar-refractivity contribution in [2.24, 2.45) is 10.8 Å². The third-order valence-corrected chi connectivity index (χ3v) is 5.83. The number of nitrogens with zero attached hydrogens (tertiary/aromatic N) is 2. The number of Topliss-reactive ketones (excluding diaryl/α,β-unsaturated/α-hetero) is 1. The minimum absolute atomic E-state index is 0.0984. The number of amides is 2. The highest BCUT2D eigenvalue weighted by molar-refractivity contribution is 5.85. The fourth-order valence-electron chi connectivity index (χ4n) is 3.15. The molecule has 2 fully saturated rings. The number of hydrogen-bond acceptors (Lipinski definition) is 7. The summed E-state index contributed by atoms with van der Waals surface area (Å²) in [6.07, 6.45) is 1.24. The molecule has 2 rings (SSSR count). The van der Waals surface area contributed by atoms with Gasteiger partial charge in [-0.25, -0.2) is 4.79 Å². The molecule has 2 aliphatic rings. The van der Waals surface area contributed by atoms with Gasteiger partial charge in [-0.15, -0.1) is 0 Å². The number of carbonyl (C=O) groups excluding carboxylic acids is 4. The summed E-state index contributed by atoms with van der Waals surface area (Å²) in [5.41, 5.74) is -0.842. The summed E-state index contributed by atoms with van der Waals surface area (Å²) in [4.78, 5) is 52.2. The standard InChI is InChI=1S/C21H35N3O6/c1-20(2,3)16(25)13-23-10-11-24(17(26)6-9-22-19(28)29-5)12-15(23)14-30-18(27)21(4)7-8-21/h15H,6-14H2,1-5H3,(H,22,28). The molecule has 0 bridgehead atoms. The van der Waals surface area contributed by atoms with Crippen LogP contribution < -0.4 is 5.32 Å². The number of rotatable bonds is 8. The van der Waals surface area contributed by atoms with Gasteiger partial charge in [0.25, 0.3) is 0 Å². The molecule has 1 unspecified atom stereocenters. The van der Waals surface area contributed by atoms with E-state index in [0.717, 1.165) is 12.8 Å². The normalized spacial score (nSPS) is 21.0. The number of carbonyl (C=O) groups is 4. The first-order valence-corrected chi connectivity index (χ1v) is 10.5. The molecule has 1 atom stereocenters. The Labute approximate surface area is 178 Å². The molecule has 9 heteroatoms. The average molecular weight is 426 g/mol. The van der Waals surface area contributed by atoms with Gasteiger partial charge in [-0.2, -0.15) is 0 Å². The van der Waals surface area contributed by atoms with E-state index < -0.39 is 11.5 Å². The lowest BCUT2D eigenvalue weighted by molar-refractivity contribution is -0.153. The monoisotopic (exact) mass is 425 g/mol. The van der Waals surface area contributed by atoms with E-state index in [1.165, 1.54) is 7.11 Å². The van der Waals surface area contributed by atoms with Crippen molar-refractivity contribution >= 4 is 23.8 Å². The van der Waals surface area contributed by atoms with Crippen LogP contribution in [0.2, 0.25) is 0 Å². The van der Waals surface area contributed by atoms with Crippen molar-refractivity contribution in [2.45, 2.75) is 53.0 Å². The topological polar surface area (TPSA) is 105 Å². The molecule has 0 radical (unpaired) electrons. The van der Waals surface area contributed by atoms with Gasteiger partial charge in [0.05, 0.1) is 25.1 Å². The van der Waals surface area contributed by atoms with Gasteiger partial charge in [0.15, 0.2) is 5.78 Å². The van der Waals surface area contributed by atoms with Crippen LogP contribution in [0.15, 0.2) is 0 Å². The van der Waals surface area contributed by atoms with E-state index in [1.807, 2.05) is 32.6 Å². The van der Waals surface area contributed by atoms with Crippen molar-refractivity contribution in [1.29, 1.82) is 0 Å². The second kappa shape index (κ2) is 9.76. The van der Waals surface area contributed by atoms with E-state index >= 15 is 0 Å². The van der Waals surface area contributed by atoms with Crippen molar-refractivity contribution in [1.82, 2.24) is 15.1 Å². The van der Waals surface area contributed by atoms with Crippen LogP contribution in [0.4, 0.5) is 4.79 Å². The largest absolute Gasteiger partial charge is 0.464 e. The zero-order valence-corrected chi connectivity index (χ0v) is 18.8. The van der Waals surface area contributed by atoms with E-state index in [4.69, 9.17) is 4.74 Å². The van der Waals surface area contributed by atoms with Gasteiger partial charge >= 0.3 is 12.1 Å². The third kappa shape index (κ3) is 6.68. The maximum Gasteiger partial charge on any atom is 0.406 e. The molecule has 1 aliphatic carbocycles. The molecule has 0 aromatic rings. The number of esters is 1. The molecule has 0 aromatic carbocycles. The van der Waals surface area contributed by atoms with E-state index in [2.05, 4.69) is 10.1 Å². The second-order valence-corrected chi connectivity index (χ2v) is 9.46. The molecule has 2 amide bonds. The number of hydrogen-bond donors (Lipinski definition) is 1. The van der Waals surface area contributed by atoms with Crippen LogP contribution in [-0.4, -0.2) is 86.0 Å². The number of piperazine rings is 1. The fraction of sp³-hybridized carbons (Fsp3) is 0.810. The van der Waals surface area contributed by atoms with Gasteiger partial charge in [-0.3, -0.25) is 19.3 Å². The van der Waals surface area contributed by atoms with Crippen LogP contribution in [0.25, 0.3) is 0 Å². The second-order valence-electron chi connectivity index (χ2n) is 9.46. The van der Waals surface area contributed by atoms with Gasteiger partial charge in [0.2, 0.25) is 5.91 Å². The smallest absolute Gasteiger partial charge is 0.406 e. The summed E-state index contributed by atoms with van der Waals surface area (Å²) in [6, 6.07) is -0.242. The number of nitrogens with one attached hydrogen (secondary N) is 1. The van der Waals surface area contributed by atoms with Crippen molar-refractivity contribution < 1.29 is 28.7 Å². The highest BCUT2D eigenvalue weighted by Crippen LogP contribution is 2.46. The SMILES string of the molecule is COC(=O)NCCC(=O)N1CCN(CC(=O)C(C)(C)C)C(COC(=O)C2(C)CC2)C1. The van der Waals surface area contributed by atoms with Crippen molar-refractivity contribution in [2.75, 3.05) is 46.4 Å². The zero-order chi connectivity index (χ0) is 22.5. The fourth-order valence-corrected chi connectivity index (χ4v) is 3.15. The highest BCUT2D eigenvalue weighted by atomic mass is 16.5. The molecule has 170 valence electrons. The summed E-state index contributed by atoms with van der Waals surface area (Å²) in [5.74, 6) is -0.205. The molecular weight excluding hydrogens is 390 g/mol. The van der Waals surface area contributed by atoms with Crippen LogP contribution in [0.3, 0.4) is 0 Å². The van der Waals surface area contributed by atoms with E-state index in [9.17, 15) is 19.2 Å². The quantitative estimate of drug-likeness (QED) is 0.583. The van der Waals surface area contributed by atoms with Crippen LogP contribution in [0, 0.1) is 10.8 Å². The molecular formula is C21H35N3O6. The predicted octanol–water partition coefficient (Wildman–Crippen LogP) is 1.20. The number of alkyl carbamates (subject to hydrolysis) is 1. The van der Waals surface area contributed by atoms with E-state index in [1.54, 1.807) is 4.90 Å². The number of ketones is 1. The lowest BCUT2D eigenvalue weighted by Gasteiger charge is -2.41. The van der Waals surface area contributed by atoms with Gasteiger partial charge < -0.3 is 19.7 Å². The maximum atomic E-state index is 12.6. The Morgan fingerprint density at radius 3 is 2.37 bits per heavy atom. The molecule has 1 N–H and O–H groups in total. The van der Waals surface area contributed by atoms with Crippen molar-refractivity contribution in [3.8, 4) is 0 Å². The van der Waals surface area contributed by atoms with E-state index in [-0.39, 0.29) is 55.2 Å². The maximum absolute atomic E-state index is 12.6. The van der Waals surface area contributed by atoms with Crippen molar-refractivity contribution in [3.05, 3.63) is 0 Å². The minimum atomic E-state index is -0.577. The summed E-state index contributed by atoms with van der Waals surface area (Å²) >= 11 is 0. The van der Waals surface area contributed by atoms with Gasteiger partial charge in [-0.05, 0) is 19.8 Å². The number of methoxy groups -OCH3 is 1. The van der Waals surface area contributed by atoms with Gasteiger partial charge in [-0.1, -0.05) is 20.8 Å². The molecule has 1 aliphatic heterocycles. The summed E-state index contributed by atoms with van der Waals surface area (Å²) in [7, 11) is 1.27. The Morgan fingerprint density at radius 1 is 1.13 bits per heavy atom. The minimum Gasteiger partial charge on any atom is -0.464 e. The number of ether oxygens (including phenoxy) is 2. The predicted molar refractivity (Wildman–Crippen MR) is 110 cm³/mol. The molecule has 0 aromatic heterocycles. The Bertz CT molecular complexity index is 668. The summed E-state index contributed by atoms with van der Waals surface area (Å²) < 4.78 is 10.1. The average Bonchev–Trinajstić information content (AvgIpc) is 3.44. The van der Waals surface area contributed by atoms with Gasteiger partial charge in [0, 0.05) is 38.0 Å². The Kier molecular flexibility index (Phi) is 7.85. The zero-order valence-electron chi connectivity index (χ0n) is 18.8. The van der Waals surface area contributed by atoms with E-state index in [0.29, 0.717) is 19.6 Å². The molecule has 9 nitrogen and oxygen atoms in total. The first kappa shape index (κ1) is 24.1. The Balaban J connectivity index is 1.96. The van der Waals surface area contributed by atoms with Gasteiger partial charge in [0.1, 0.15) is 6.61 Å². The molecule has 1 heterocycles. The van der Waals surface area contributed by atoms with Crippen molar-refractivity contribution in [3.63, 3.8) is 0 Å². The van der Waals surface area contributed by atoms with Crippen LogP contribution in [0.1, 0.15) is 47.0 Å². The Morgan fingerprint density at radius 2 is 1.80 bits per heavy atom. The first-order chi connectivity index (χ1) is 14.0. The molecule has 1 saturated heterocycles. The summed E-state index contributed by atoms with van der Waals surface area (Å²) in [5, 5.41) is 2.50. The van der Waals surface area contributed by atoms with Crippen LogP contribution in [0.5, 0.6) is 0 Å².